The topological polar surface area (TPSA) is 23.6 Å². The molecule has 5 rings (SSSR count). The SMILES string of the molecule is O=C(c1cc(Cl)cc(Cl)c1)N1CC2(CCN(CC3CC3)CC2)c2cc(F)ccc21. The average Bonchev–Trinajstić information content (AvgIpc) is 3.45. The van der Waals surface area contributed by atoms with Crippen molar-refractivity contribution in [3.8, 4) is 0 Å². The van der Waals surface area contributed by atoms with Crippen LogP contribution in [-0.2, 0) is 5.41 Å². The fourth-order valence-electron chi connectivity index (χ4n) is 4.91. The molecule has 6 heteroatoms. The van der Waals surface area contributed by atoms with Crippen molar-refractivity contribution in [3.63, 3.8) is 0 Å². The summed E-state index contributed by atoms with van der Waals surface area (Å²) in [5, 5.41) is 0.866. The van der Waals surface area contributed by atoms with Gasteiger partial charge >= 0.3 is 0 Å². The third-order valence-electron chi connectivity index (χ3n) is 6.66. The Balaban J connectivity index is 1.45. The number of hydrogen-bond donors (Lipinski definition) is 0. The number of carbonyl (C=O) groups excluding carboxylic acids is 1. The monoisotopic (exact) mass is 432 g/mol. The van der Waals surface area contributed by atoms with Gasteiger partial charge in [0.1, 0.15) is 5.82 Å². The van der Waals surface area contributed by atoms with Crippen LogP contribution in [0.2, 0.25) is 10.0 Å². The molecule has 1 saturated heterocycles. The quantitative estimate of drug-likeness (QED) is 0.635. The summed E-state index contributed by atoms with van der Waals surface area (Å²) in [6, 6.07) is 9.70. The van der Waals surface area contributed by atoms with Crippen molar-refractivity contribution in [2.75, 3.05) is 31.1 Å². The van der Waals surface area contributed by atoms with Gasteiger partial charge in [-0.3, -0.25) is 4.79 Å². The molecule has 0 N–H and O–H groups in total. The summed E-state index contributed by atoms with van der Waals surface area (Å²) >= 11 is 12.2. The number of nitrogens with zero attached hydrogens (tertiary/aromatic N) is 2. The van der Waals surface area contributed by atoms with Crippen LogP contribution in [0.3, 0.4) is 0 Å². The minimum atomic E-state index is -0.247. The summed E-state index contributed by atoms with van der Waals surface area (Å²) in [4.78, 5) is 17.7. The Labute approximate surface area is 180 Å². The van der Waals surface area contributed by atoms with E-state index in [1.807, 2.05) is 0 Å². The zero-order chi connectivity index (χ0) is 20.2. The van der Waals surface area contributed by atoms with Crippen LogP contribution in [0.5, 0.6) is 0 Å². The van der Waals surface area contributed by atoms with E-state index < -0.39 is 0 Å². The fourth-order valence-corrected chi connectivity index (χ4v) is 5.44. The molecule has 2 fully saturated rings. The van der Waals surface area contributed by atoms with Gasteiger partial charge in [0, 0.05) is 39.8 Å². The van der Waals surface area contributed by atoms with E-state index in [1.54, 1.807) is 35.2 Å². The third kappa shape index (κ3) is 3.67. The molecule has 1 aliphatic carbocycles. The van der Waals surface area contributed by atoms with Crippen LogP contribution in [0.25, 0.3) is 0 Å². The minimum Gasteiger partial charge on any atom is -0.307 e. The van der Waals surface area contributed by atoms with Crippen molar-refractivity contribution < 1.29 is 9.18 Å². The van der Waals surface area contributed by atoms with Gasteiger partial charge in [-0.1, -0.05) is 23.2 Å². The number of likely N-dealkylation sites (tertiary alicyclic amines) is 1. The molecule has 3 nitrogen and oxygen atoms in total. The largest absolute Gasteiger partial charge is 0.307 e. The molecular formula is C23H23Cl2FN2O. The van der Waals surface area contributed by atoms with Gasteiger partial charge in [0.15, 0.2) is 0 Å². The smallest absolute Gasteiger partial charge is 0.258 e. The van der Waals surface area contributed by atoms with Crippen molar-refractivity contribution in [1.29, 1.82) is 0 Å². The lowest BCUT2D eigenvalue weighted by Crippen LogP contribution is -2.46. The molecule has 2 aromatic rings. The molecule has 1 saturated carbocycles. The van der Waals surface area contributed by atoms with Gasteiger partial charge in [0.25, 0.3) is 5.91 Å². The average molecular weight is 433 g/mol. The Morgan fingerprint density at radius 1 is 1.07 bits per heavy atom. The Kier molecular flexibility index (Phi) is 4.84. The van der Waals surface area contributed by atoms with Crippen molar-refractivity contribution in [2.24, 2.45) is 5.92 Å². The van der Waals surface area contributed by atoms with Crippen LogP contribution >= 0.6 is 23.2 Å². The number of carbonyl (C=O) groups is 1. The molecule has 3 aliphatic rings. The normalized spacial score (nSPS) is 20.9. The molecule has 2 aromatic carbocycles. The highest BCUT2D eigenvalue weighted by atomic mass is 35.5. The number of fused-ring (bicyclic) bond motifs is 2. The zero-order valence-corrected chi connectivity index (χ0v) is 17.6. The van der Waals surface area contributed by atoms with E-state index in [2.05, 4.69) is 4.90 Å². The number of rotatable bonds is 3. The van der Waals surface area contributed by atoms with Gasteiger partial charge in [-0.15, -0.1) is 0 Å². The third-order valence-corrected chi connectivity index (χ3v) is 7.10. The van der Waals surface area contributed by atoms with Crippen LogP contribution in [-0.4, -0.2) is 37.0 Å². The predicted octanol–water partition coefficient (Wildman–Crippen LogP) is 5.54. The lowest BCUT2D eigenvalue weighted by atomic mass is 9.74. The molecule has 0 atom stereocenters. The molecule has 1 spiro atoms. The molecule has 152 valence electrons. The van der Waals surface area contributed by atoms with Gasteiger partial charge in [-0.2, -0.15) is 0 Å². The Bertz CT molecular complexity index is 947. The molecule has 0 aromatic heterocycles. The second kappa shape index (κ2) is 7.26. The minimum absolute atomic E-state index is 0.139. The molecule has 1 amide bonds. The zero-order valence-electron chi connectivity index (χ0n) is 16.1. The Morgan fingerprint density at radius 2 is 1.76 bits per heavy atom. The lowest BCUT2D eigenvalue weighted by molar-refractivity contribution is 0.0976. The van der Waals surface area contributed by atoms with Crippen LogP contribution < -0.4 is 4.90 Å². The number of benzene rings is 2. The van der Waals surface area contributed by atoms with Crippen LogP contribution in [0, 0.1) is 11.7 Å². The molecule has 29 heavy (non-hydrogen) atoms. The highest BCUT2D eigenvalue weighted by molar-refractivity contribution is 6.35. The van der Waals surface area contributed by atoms with Gasteiger partial charge in [-0.25, -0.2) is 4.39 Å². The highest BCUT2D eigenvalue weighted by Crippen LogP contribution is 2.48. The summed E-state index contributed by atoms with van der Waals surface area (Å²) in [5.74, 6) is 0.478. The van der Waals surface area contributed by atoms with E-state index >= 15 is 0 Å². The first-order valence-electron chi connectivity index (χ1n) is 10.2. The van der Waals surface area contributed by atoms with E-state index in [-0.39, 0.29) is 17.1 Å². The van der Waals surface area contributed by atoms with Gasteiger partial charge in [0.05, 0.1) is 0 Å². The van der Waals surface area contributed by atoms with Crippen molar-refractivity contribution in [2.45, 2.75) is 31.1 Å². The van der Waals surface area contributed by atoms with E-state index in [4.69, 9.17) is 23.2 Å². The summed E-state index contributed by atoms with van der Waals surface area (Å²) in [6.07, 6.45) is 4.58. The number of piperidine rings is 1. The van der Waals surface area contributed by atoms with Gasteiger partial charge in [-0.05, 0) is 86.7 Å². The van der Waals surface area contributed by atoms with E-state index in [0.717, 1.165) is 43.1 Å². The number of hydrogen-bond acceptors (Lipinski definition) is 2. The predicted molar refractivity (Wildman–Crippen MR) is 115 cm³/mol. The Morgan fingerprint density at radius 3 is 2.41 bits per heavy atom. The van der Waals surface area contributed by atoms with Crippen LogP contribution in [0.4, 0.5) is 10.1 Å². The molecule has 0 unspecified atom stereocenters. The number of anilines is 1. The van der Waals surface area contributed by atoms with Gasteiger partial charge in [0.2, 0.25) is 0 Å². The number of amides is 1. The maximum atomic E-state index is 14.2. The standard InChI is InChI=1S/C23H23Cl2FN2O/c24-17-9-16(10-18(25)11-17)22(29)28-14-23(20-12-19(26)3-4-21(20)28)5-7-27(8-6-23)13-15-1-2-15/h3-4,9-12,15H,1-2,5-8,13-14H2. The first-order chi connectivity index (χ1) is 13.9. The highest BCUT2D eigenvalue weighted by Gasteiger charge is 2.47. The lowest BCUT2D eigenvalue weighted by Gasteiger charge is -2.40. The maximum Gasteiger partial charge on any atom is 0.258 e. The molecule has 2 heterocycles. The number of halogens is 3. The van der Waals surface area contributed by atoms with E-state index in [9.17, 15) is 9.18 Å². The van der Waals surface area contributed by atoms with E-state index in [0.29, 0.717) is 22.2 Å². The summed E-state index contributed by atoms with van der Waals surface area (Å²) in [6.45, 7) is 3.75. The fraction of sp³-hybridized carbons (Fsp3) is 0.435. The van der Waals surface area contributed by atoms with Crippen molar-refractivity contribution in [3.05, 3.63) is 63.4 Å². The Hall–Kier alpha value is -1.62. The first kappa shape index (κ1) is 19.3. The molecule has 0 radical (unpaired) electrons. The second-order valence-corrected chi connectivity index (χ2v) is 9.61. The summed E-state index contributed by atoms with van der Waals surface area (Å²) in [7, 11) is 0. The van der Waals surface area contributed by atoms with Crippen molar-refractivity contribution in [1.82, 2.24) is 4.90 Å². The first-order valence-corrected chi connectivity index (χ1v) is 11.0. The van der Waals surface area contributed by atoms with E-state index in [1.165, 1.54) is 25.5 Å². The van der Waals surface area contributed by atoms with Crippen LogP contribution in [0.1, 0.15) is 41.6 Å². The van der Waals surface area contributed by atoms with Crippen molar-refractivity contribution >= 4 is 34.8 Å². The summed E-state index contributed by atoms with van der Waals surface area (Å²) < 4.78 is 14.2. The van der Waals surface area contributed by atoms with Crippen LogP contribution in [0.15, 0.2) is 36.4 Å². The molecule has 2 aliphatic heterocycles. The second-order valence-electron chi connectivity index (χ2n) is 8.74. The summed E-state index contributed by atoms with van der Waals surface area (Å²) in [5.41, 5.74) is 2.05. The molecule has 0 bridgehead atoms. The maximum absolute atomic E-state index is 14.2. The van der Waals surface area contributed by atoms with Gasteiger partial charge < -0.3 is 9.80 Å². The molecular weight excluding hydrogens is 410 g/mol.